The summed E-state index contributed by atoms with van der Waals surface area (Å²) in [6, 6.07) is 20.0. The Balaban J connectivity index is 1.40. The van der Waals surface area contributed by atoms with Crippen LogP contribution in [0.1, 0.15) is 24.6 Å². The van der Waals surface area contributed by atoms with E-state index in [1.165, 1.54) is 0 Å². The number of imidazole rings is 1. The molecule has 0 saturated heterocycles. The van der Waals surface area contributed by atoms with Gasteiger partial charge in [-0.1, -0.05) is 48.5 Å². The van der Waals surface area contributed by atoms with Gasteiger partial charge in [0.05, 0.1) is 34.8 Å². The molecule has 1 unspecified atom stereocenters. The SMILES string of the molecule is Nc1nccn2c(C3CC(O)(COS(=O)[O-])C3)nc(-c3ccc4ccc(-c5ccccc5)nc4c3)c12. The number of nitrogen functional groups attached to an aromatic ring is 1. The van der Waals surface area contributed by atoms with Gasteiger partial charge in [-0.3, -0.25) is 8.58 Å². The summed E-state index contributed by atoms with van der Waals surface area (Å²) in [6.45, 7) is -0.278. The van der Waals surface area contributed by atoms with Gasteiger partial charge in [0.25, 0.3) is 0 Å². The van der Waals surface area contributed by atoms with Crippen LogP contribution >= 0.6 is 0 Å². The summed E-state index contributed by atoms with van der Waals surface area (Å²) in [5.74, 6) is 0.982. The Bertz CT molecular complexity index is 1620. The van der Waals surface area contributed by atoms with Crippen molar-refractivity contribution in [2.45, 2.75) is 24.4 Å². The number of rotatable bonds is 6. The predicted molar refractivity (Wildman–Crippen MR) is 135 cm³/mol. The van der Waals surface area contributed by atoms with E-state index in [0.717, 1.165) is 33.5 Å². The lowest BCUT2D eigenvalue weighted by Gasteiger charge is -2.42. The molecule has 2 aromatic carbocycles. The molecule has 1 atom stereocenters. The van der Waals surface area contributed by atoms with Crippen molar-refractivity contribution in [1.29, 1.82) is 0 Å². The molecule has 0 radical (unpaired) electrons. The van der Waals surface area contributed by atoms with Crippen molar-refractivity contribution in [3.63, 3.8) is 0 Å². The molecule has 9 nitrogen and oxygen atoms in total. The number of anilines is 1. The Labute approximate surface area is 209 Å². The largest absolute Gasteiger partial charge is 0.750 e. The summed E-state index contributed by atoms with van der Waals surface area (Å²) in [6.07, 6.45) is 4.06. The third-order valence-electron chi connectivity index (χ3n) is 6.69. The quantitative estimate of drug-likeness (QED) is 0.337. The first-order valence-corrected chi connectivity index (χ1v) is 12.4. The van der Waals surface area contributed by atoms with Crippen molar-refractivity contribution in [1.82, 2.24) is 19.4 Å². The smallest absolute Gasteiger partial charge is 0.150 e. The summed E-state index contributed by atoms with van der Waals surface area (Å²) >= 11 is -2.67. The number of benzene rings is 2. The van der Waals surface area contributed by atoms with Crippen LogP contribution in [0.2, 0.25) is 0 Å². The van der Waals surface area contributed by atoms with Crippen LogP contribution in [-0.4, -0.2) is 45.4 Å². The molecular weight excluding hydrogens is 478 g/mol. The van der Waals surface area contributed by atoms with Gasteiger partial charge in [-0.2, -0.15) is 0 Å². The first-order valence-electron chi connectivity index (χ1n) is 11.4. The second-order valence-electron chi connectivity index (χ2n) is 9.12. The average Bonchev–Trinajstić information content (AvgIpc) is 3.26. The Morgan fingerprint density at radius 1 is 1.11 bits per heavy atom. The number of fused-ring (bicyclic) bond motifs is 2. The van der Waals surface area contributed by atoms with Gasteiger partial charge in [0, 0.05) is 34.8 Å². The zero-order chi connectivity index (χ0) is 24.9. The fourth-order valence-electron chi connectivity index (χ4n) is 4.93. The summed E-state index contributed by atoms with van der Waals surface area (Å²) in [5, 5.41) is 11.6. The maximum Gasteiger partial charge on any atom is 0.150 e. The fourth-order valence-corrected chi connectivity index (χ4v) is 5.24. The van der Waals surface area contributed by atoms with Crippen LogP contribution in [0, 0.1) is 0 Å². The van der Waals surface area contributed by atoms with Crippen LogP contribution in [0.3, 0.4) is 0 Å². The van der Waals surface area contributed by atoms with Gasteiger partial charge in [-0.25, -0.2) is 19.2 Å². The number of nitrogens with zero attached hydrogens (tertiary/aromatic N) is 4. The first kappa shape index (κ1) is 22.7. The Morgan fingerprint density at radius 2 is 1.89 bits per heavy atom. The minimum atomic E-state index is -2.67. The van der Waals surface area contributed by atoms with Crippen LogP contribution < -0.4 is 5.73 Å². The molecule has 3 aromatic heterocycles. The molecular formula is C26H22N5O4S-. The van der Waals surface area contributed by atoms with Crippen molar-refractivity contribution in [2.75, 3.05) is 12.3 Å². The monoisotopic (exact) mass is 500 g/mol. The Kier molecular flexibility index (Phi) is 5.53. The van der Waals surface area contributed by atoms with Crippen molar-refractivity contribution in [3.05, 3.63) is 78.9 Å². The lowest BCUT2D eigenvalue weighted by atomic mass is 9.71. The second-order valence-corrected chi connectivity index (χ2v) is 9.76. The third kappa shape index (κ3) is 4.03. The van der Waals surface area contributed by atoms with Crippen LogP contribution in [0.25, 0.3) is 38.9 Å². The van der Waals surface area contributed by atoms with Gasteiger partial charge in [-0.05, 0) is 25.0 Å². The summed E-state index contributed by atoms with van der Waals surface area (Å²) in [4.78, 5) is 14.1. The average molecular weight is 501 g/mol. The van der Waals surface area contributed by atoms with Crippen LogP contribution in [-0.2, 0) is 15.5 Å². The summed E-state index contributed by atoms with van der Waals surface area (Å²) < 4.78 is 28.0. The van der Waals surface area contributed by atoms with Gasteiger partial charge < -0.3 is 15.4 Å². The van der Waals surface area contributed by atoms with Crippen molar-refractivity contribution >= 4 is 33.6 Å². The lowest BCUT2D eigenvalue weighted by molar-refractivity contribution is -0.0804. The highest BCUT2D eigenvalue weighted by Crippen LogP contribution is 2.46. The predicted octanol–water partition coefficient (Wildman–Crippen LogP) is 3.61. The molecule has 1 saturated carbocycles. The molecule has 1 aliphatic rings. The molecule has 0 spiro atoms. The van der Waals surface area contributed by atoms with Crippen LogP contribution in [0.5, 0.6) is 0 Å². The highest BCUT2D eigenvalue weighted by Gasteiger charge is 2.46. The maximum atomic E-state index is 10.7. The number of aromatic nitrogens is 4. The highest BCUT2D eigenvalue weighted by atomic mass is 32.2. The van der Waals surface area contributed by atoms with E-state index in [2.05, 4.69) is 9.17 Å². The molecule has 1 fully saturated rings. The Hall–Kier alpha value is -3.70. The molecule has 6 rings (SSSR count). The summed E-state index contributed by atoms with van der Waals surface area (Å²) in [5.41, 5.74) is 10.0. The number of aliphatic hydroxyl groups is 1. The molecule has 0 amide bonds. The van der Waals surface area contributed by atoms with Crippen molar-refractivity contribution in [3.8, 4) is 22.5 Å². The van der Waals surface area contributed by atoms with E-state index < -0.39 is 17.0 Å². The van der Waals surface area contributed by atoms with E-state index in [9.17, 15) is 13.9 Å². The van der Waals surface area contributed by atoms with E-state index in [0.29, 0.717) is 29.9 Å². The van der Waals surface area contributed by atoms with Gasteiger partial charge in [0.1, 0.15) is 22.9 Å². The van der Waals surface area contributed by atoms with Crippen molar-refractivity contribution in [2.24, 2.45) is 0 Å². The summed E-state index contributed by atoms with van der Waals surface area (Å²) in [7, 11) is 0. The topological polar surface area (TPSA) is 139 Å². The zero-order valence-electron chi connectivity index (χ0n) is 19.1. The van der Waals surface area contributed by atoms with Crippen LogP contribution in [0.4, 0.5) is 5.82 Å². The Morgan fingerprint density at radius 3 is 2.67 bits per heavy atom. The number of hydrogen-bond acceptors (Lipinski definition) is 8. The van der Waals surface area contributed by atoms with E-state index in [1.54, 1.807) is 12.4 Å². The minimum absolute atomic E-state index is 0.0926. The van der Waals surface area contributed by atoms with Gasteiger partial charge in [-0.15, -0.1) is 0 Å². The normalized spacial score (nSPS) is 20.4. The number of pyridine rings is 1. The van der Waals surface area contributed by atoms with Gasteiger partial charge >= 0.3 is 0 Å². The third-order valence-corrected chi connectivity index (χ3v) is 7.00. The maximum absolute atomic E-state index is 10.7. The molecule has 0 aliphatic heterocycles. The van der Waals surface area contributed by atoms with E-state index in [-0.39, 0.29) is 12.5 Å². The van der Waals surface area contributed by atoms with Crippen molar-refractivity contribution < 1.29 is 18.1 Å². The fraction of sp³-hybridized carbons (Fsp3) is 0.192. The zero-order valence-corrected chi connectivity index (χ0v) is 19.9. The molecule has 10 heteroatoms. The highest BCUT2D eigenvalue weighted by molar-refractivity contribution is 7.74. The molecule has 3 heterocycles. The molecule has 182 valence electrons. The molecule has 3 N–H and O–H groups in total. The second kappa shape index (κ2) is 8.75. The molecule has 36 heavy (non-hydrogen) atoms. The first-order chi connectivity index (χ1) is 17.4. The van der Waals surface area contributed by atoms with E-state index in [4.69, 9.17) is 15.7 Å². The van der Waals surface area contributed by atoms with Gasteiger partial charge in [0.2, 0.25) is 0 Å². The standard InChI is InChI=1S/C26H23N5O4S/c27-24-23-22(18-7-6-17-8-9-20(29-21(17)12-18)16-4-2-1-3-5-16)30-25(31(23)11-10-28-24)19-13-26(32,14-19)15-35-36(33)34/h1-12,19,32H,13-15H2,(H2,27,28)(H,33,34)/p-1. The molecule has 5 aromatic rings. The number of hydrogen-bond donors (Lipinski definition) is 2. The van der Waals surface area contributed by atoms with E-state index in [1.807, 2.05) is 65.1 Å². The number of nitrogens with two attached hydrogens (primary N) is 1. The molecule has 0 bridgehead atoms. The lowest BCUT2D eigenvalue weighted by Crippen LogP contribution is -2.47. The minimum Gasteiger partial charge on any atom is -0.750 e. The molecule has 1 aliphatic carbocycles. The van der Waals surface area contributed by atoms with Gasteiger partial charge in [0.15, 0.2) is 0 Å². The van der Waals surface area contributed by atoms with Crippen LogP contribution in [0.15, 0.2) is 73.1 Å². The van der Waals surface area contributed by atoms with E-state index >= 15 is 0 Å².